The molecule has 0 saturated heterocycles. The summed E-state index contributed by atoms with van der Waals surface area (Å²) in [6.07, 6.45) is 1.66. The normalized spacial score (nSPS) is 11.1. The molecular weight excluding hydrogens is 390 g/mol. The van der Waals surface area contributed by atoms with Crippen LogP contribution in [-0.4, -0.2) is 32.6 Å². The molecule has 31 heavy (non-hydrogen) atoms. The smallest absolute Gasteiger partial charge is 0.298 e. The highest BCUT2D eigenvalue weighted by Crippen LogP contribution is 2.24. The van der Waals surface area contributed by atoms with Gasteiger partial charge in [-0.3, -0.25) is 4.79 Å². The topological polar surface area (TPSA) is 72.6 Å². The molecule has 7 nitrogen and oxygen atoms in total. The minimum Gasteiger partial charge on any atom is -0.497 e. The van der Waals surface area contributed by atoms with E-state index in [1.165, 1.54) is 5.56 Å². The van der Waals surface area contributed by atoms with Crippen LogP contribution in [0.5, 0.6) is 5.75 Å². The lowest BCUT2D eigenvalue weighted by molar-refractivity contribution is 0.0975. The van der Waals surface area contributed by atoms with Crippen molar-refractivity contribution in [2.75, 3.05) is 12.0 Å². The van der Waals surface area contributed by atoms with Crippen molar-refractivity contribution in [2.24, 2.45) is 0 Å². The van der Waals surface area contributed by atoms with Crippen molar-refractivity contribution >= 4 is 17.4 Å². The Morgan fingerprint density at radius 2 is 1.77 bits per heavy atom. The molecule has 0 saturated carbocycles. The number of amides is 1. The highest BCUT2D eigenvalue weighted by molar-refractivity contribution is 6.03. The first-order valence-corrected chi connectivity index (χ1v) is 10.2. The van der Waals surface area contributed by atoms with Crippen molar-refractivity contribution < 1.29 is 9.53 Å². The van der Waals surface area contributed by atoms with Crippen molar-refractivity contribution in [3.05, 3.63) is 83.4 Å². The van der Waals surface area contributed by atoms with Crippen LogP contribution in [-0.2, 0) is 6.54 Å². The number of methoxy groups -OCH3 is 1. The molecule has 0 aliphatic heterocycles. The second-order valence-corrected chi connectivity index (χ2v) is 7.72. The van der Waals surface area contributed by atoms with Gasteiger partial charge in [-0.15, -0.1) is 5.10 Å². The van der Waals surface area contributed by atoms with E-state index in [2.05, 4.69) is 53.2 Å². The monoisotopic (exact) mass is 415 g/mol. The van der Waals surface area contributed by atoms with Gasteiger partial charge in [0.1, 0.15) is 5.75 Å². The van der Waals surface area contributed by atoms with Crippen LogP contribution >= 0.6 is 0 Å². The summed E-state index contributed by atoms with van der Waals surface area (Å²) in [6, 6.07) is 17.5. The van der Waals surface area contributed by atoms with E-state index in [9.17, 15) is 4.79 Å². The largest absolute Gasteiger partial charge is 0.497 e. The first kappa shape index (κ1) is 20.5. The van der Waals surface area contributed by atoms with Crippen molar-refractivity contribution in [1.29, 1.82) is 0 Å². The highest BCUT2D eigenvalue weighted by Gasteiger charge is 2.23. The first-order chi connectivity index (χ1) is 15.0. The molecule has 0 N–H and O–H groups in total. The molecule has 0 aliphatic carbocycles. The summed E-state index contributed by atoms with van der Waals surface area (Å²) in [6.45, 7) is 6.61. The maximum absolute atomic E-state index is 13.5. The zero-order valence-electron chi connectivity index (χ0n) is 18.1. The van der Waals surface area contributed by atoms with E-state index >= 15 is 0 Å². The van der Waals surface area contributed by atoms with Crippen LogP contribution in [0.4, 0.5) is 5.69 Å². The third kappa shape index (κ3) is 4.26. The molecule has 1 amide bonds. The van der Waals surface area contributed by atoms with Gasteiger partial charge in [-0.2, -0.15) is 4.98 Å². The number of rotatable bonds is 6. The Kier molecular flexibility index (Phi) is 5.66. The quantitative estimate of drug-likeness (QED) is 0.466. The van der Waals surface area contributed by atoms with E-state index < -0.39 is 0 Å². The first-order valence-electron chi connectivity index (χ1n) is 10.2. The molecule has 0 radical (unpaired) electrons. The average Bonchev–Trinajstić information content (AvgIpc) is 3.23. The number of carbonyl (C=O) groups excluding carboxylic acids is 1. The molecular formula is C24H25N5O2. The number of aryl methyl sites for hydroxylation is 1. The molecule has 0 fully saturated rings. The predicted octanol–water partition coefficient (Wildman–Crippen LogP) is 4.41. The fourth-order valence-corrected chi connectivity index (χ4v) is 3.35. The molecule has 0 bridgehead atoms. The predicted molar refractivity (Wildman–Crippen MR) is 120 cm³/mol. The molecule has 4 rings (SSSR count). The Hall–Kier alpha value is -3.74. The second kappa shape index (κ2) is 8.55. The van der Waals surface area contributed by atoms with Crippen LogP contribution in [0.2, 0.25) is 0 Å². The van der Waals surface area contributed by atoms with Crippen LogP contribution in [0, 0.1) is 6.92 Å². The number of fused-ring (bicyclic) bond motifs is 1. The number of anilines is 1. The zero-order chi connectivity index (χ0) is 22.0. The fourth-order valence-electron chi connectivity index (χ4n) is 3.35. The summed E-state index contributed by atoms with van der Waals surface area (Å²) in [4.78, 5) is 23.7. The van der Waals surface area contributed by atoms with Gasteiger partial charge in [0.15, 0.2) is 0 Å². The molecule has 7 heteroatoms. The molecule has 0 spiro atoms. The van der Waals surface area contributed by atoms with Crippen LogP contribution in [0.3, 0.4) is 0 Å². The van der Waals surface area contributed by atoms with E-state index in [-0.39, 0.29) is 11.7 Å². The highest BCUT2D eigenvalue weighted by atomic mass is 16.5. The van der Waals surface area contributed by atoms with Gasteiger partial charge in [-0.1, -0.05) is 38.1 Å². The molecule has 2 heterocycles. The standard InChI is InChI=1S/C24H25N5O2/c1-16(2)19-7-5-18(6-8-19)15-28(20-9-11-21(31-4)12-10-20)23(30)22-26-24-25-14-13-17(3)29(24)27-22/h5-14,16H,15H2,1-4H3. The summed E-state index contributed by atoms with van der Waals surface area (Å²) in [5, 5.41) is 4.40. The Morgan fingerprint density at radius 3 is 2.39 bits per heavy atom. The summed E-state index contributed by atoms with van der Waals surface area (Å²) in [7, 11) is 1.62. The minimum absolute atomic E-state index is 0.108. The summed E-state index contributed by atoms with van der Waals surface area (Å²) < 4.78 is 6.84. The average molecular weight is 415 g/mol. The van der Waals surface area contributed by atoms with Gasteiger partial charge in [0, 0.05) is 17.6 Å². The number of aromatic nitrogens is 4. The summed E-state index contributed by atoms with van der Waals surface area (Å²) in [5.74, 6) is 1.40. The Labute approximate surface area is 181 Å². The van der Waals surface area contributed by atoms with E-state index in [0.717, 1.165) is 22.7 Å². The molecule has 0 aliphatic rings. The maximum atomic E-state index is 13.5. The summed E-state index contributed by atoms with van der Waals surface area (Å²) >= 11 is 0. The van der Waals surface area contributed by atoms with Crippen molar-refractivity contribution in [3.8, 4) is 5.75 Å². The lowest BCUT2D eigenvalue weighted by Crippen LogP contribution is -2.31. The van der Waals surface area contributed by atoms with Gasteiger partial charge >= 0.3 is 0 Å². The number of benzene rings is 2. The van der Waals surface area contributed by atoms with Crippen LogP contribution in [0.15, 0.2) is 60.8 Å². The summed E-state index contributed by atoms with van der Waals surface area (Å²) in [5.41, 5.74) is 3.88. The number of carbonyl (C=O) groups is 1. The molecule has 0 unspecified atom stereocenters. The molecule has 158 valence electrons. The van der Waals surface area contributed by atoms with E-state index in [0.29, 0.717) is 18.2 Å². The lowest BCUT2D eigenvalue weighted by Gasteiger charge is -2.22. The molecule has 0 atom stereocenters. The van der Waals surface area contributed by atoms with Gasteiger partial charge in [-0.25, -0.2) is 9.50 Å². The number of nitrogens with zero attached hydrogens (tertiary/aromatic N) is 5. The van der Waals surface area contributed by atoms with E-state index in [1.54, 1.807) is 22.7 Å². The fraction of sp³-hybridized carbons (Fsp3) is 0.250. The SMILES string of the molecule is COc1ccc(N(Cc2ccc(C(C)C)cc2)C(=O)c2nc3nccc(C)n3n2)cc1. The van der Waals surface area contributed by atoms with Crippen LogP contribution in [0.1, 0.15) is 47.2 Å². The van der Waals surface area contributed by atoms with Gasteiger partial charge < -0.3 is 9.64 Å². The zero-order valence-corrected chi connectivity index (χ0v) is 18.1. The Balaban J connectivity index is 1.71. The molecule has 2 aromatic carbocycles. The van der Waals surface area contributed by atoms with Crippen molar-refractivity contribution in [1.82, 2.24) is 19.6 Å². The maximum Gasteiger partial charge on any atom is 0.298 e. The van der Waals surface area contributed by atoms with Crippen LogP contribution < -0.4 is 9.64 Å². The Morgan fingerprint density at radius 1 is 1.06 bits per heavy atom. The third-order valence-electron chi connectivity index (χ3n) is 5.24. The van der Waals surface area contributed by atoms with Crippen LogP contribution in [0.25, 0.3) is 5.78 Å². The van der Waals surface area contributed by atoms with E-state index in [4.69, 9.17) is 4.74 Å². The Bertz CT molecular complexity index is 1200. The second-order valence-electron chi connectivity index (χ2n) is 7.72. The van der Waals surface area contributed by atoms with Gasteiger partial charge in [-0.05, 0) is 54.3 Å². The lowest BCUT2D eigenvalue weighted by atomic mass is 10.0. The van der Waals surface area contributed by atoms with Gasteiger partial charge in [0.2, 0.25) is 5.82 Å². The minimum atomic E-state index is -0.289. The van der Waals surface area contributed by atoms with Gasteiger partial charge in [0.05, 0.1) is 13.7 Å². The third-order valence-corrected chi connectivity index (χ3v) is 5.24. The number of hydrogen-bond acceptors (Lipinski definition) is 5. The molecule has 2 aromatic heterocycles. The van der Waals surface area contributed by atoms with E-state index in [1.807, 2.05) is 37.3 Å². The van der Waals surface area contributed by atoms with Crippen molar-refractivity contribution in [2.45, 2.75) is 33.2 Å². The number of hydrogen-bond donors (Lipinski definition) is 0. The van der Waals surface area contributed by atoms with Crippen molar-refractivity contribution in [3.63, 3.8) is 0 Å². The number of ether oxygens (including phenoxy) is 1. The molecule has 4 aromatic rings. The van der Waals surface area contributed by atoms with Gasteiger partial charge in [0.25, 0.3) is 11.7 Å².